The smallest absolute Gasteiger partial charge is 0.244 e. The molecule has 6 nitrogen and oxygen atoms in total. The summed E-state index contributed by atoms with van der Waals surface area (Å²) >= 11 is 0. The van der Waals surface area contributed by atoms with Crippen molar-refractivity contribution in [1.29, 1.82) is 0 Å². The van der Waals surface area contributed by atoms with Crippen LogP contribution in [0.15, 0.2) is 53.4 Å². The molecule has 2 aromatic carbocycles. The zero-order chi connectivity index (χ0) is 18.4. The Hall–Kier alpha value is -1.93. The first-order valence-electron chi connectivity index (χ1n) is 8.60. The van der Waals surface area contributed by atoms with Crippen LogP contribution in [0.25, 0.3) is 0 Å². The second-order valence-electron chi connectivity index (χ2n) is 6.13. The van der Waals surface area contributed by atoms with Gasteiger partial charge in [0.15, 0.2) is 0 Å². The Morgan fingerprint density at radius 3 is 2.42 bits per heavy atom. The van der Waals surface area contributed by atoms with Crippen LogP contribution in [0.1, 0.15) is 11.1 Å². The van der Waals surface area contributed by atoms with Crippen molar-refractivity contribution < 1.29 is 17.9 Å². The van der Waals surface area contributed by atoms with Crippen molar-refractivity contribution >= 4 is 10.0 Å². The molecule has 0 radical (unpaired) electrons. The van der Waals surface area contributed by atoms with E-state index in [2.05, 4.69) is 9.62 Å². The van der Waals surface area contributed by atoms with E-state index in [-0.39, 0.29) is 11.4 Å². The fourth-order valence-electron chi connectivity index (χ4n) is 2.98. The summed E-state index contributed by atoms with van der Waals surface area (Å²) in [5.74, 6) is 0.335. The van der Waals surface area contributed by atoms with Gasteiger partial charge in [-0.15, -0.1) is 0 Å². The van der Waals surface area contributed by atoms with Gasteiger partial charge in [0.1, 0.15) is 10.6 Å². The van der Waals surface area contributed by atoms with Gasteiger partial charge in [0.05, 0.1) is 20.3 Å². The Morgan fingerprint density at radius 1 is 1.04 bits per heavy atom. The summed E-state index contributed by atoms with van der Waals surface area (Å²) in [5, 5.41) is 0. The van der Waals surface area contributed by atoms with Crippen LogP contribution in [-0.4, -0.2) is 46.7 Å². The van der Waals surface area contributed by atoms with Crippen molar-refractivity contribution in [2.45, 2.75) is 18.0 Å². The van der Waals surface area contributed by atoms with Crippen LogP contribution in [0.5, 0.6) is 5.75 Å². The van der Waals surface area contributed by atoms with Crippen molar-refractivity contribution in [3.8, 4) is 5.75 Å². The second kappa shape index (κ2) is 8.64. The fraction of sp³-hybridized carbons (Fsp3) is 0.368. The second-order valence-corrected chi connectivity index (χ2v) is 7.87. The molecule has 0 atom stereocenters. The largest absolute Gasteiger partial charge is 0.495 e. The highest BCUT2D eigenvalue weighted by atomic mass is 32.2. The maximum atomic E-state index is 12.7. The molecule has 0 bridgehead atoms. The lowest BCUT2D eigenvalue weighted by molar-refractivity contribution is 0.0341. The van der Waals surface area contributed by atoms with E-state index in [9.17, 15) is 8.42 Å². The number of benzene rings is 2. The van der Waals surface area contributed by atoms with Crippen LogP contribution in [0, 0.1) is 0 Å². The van der Waals surface area contributed by atoms with Crippen molar-refractivity contribution in [1.82, 2.24) is 9.62 Å². The SMILES string of the molecule is COc1ccccc1S(=O)(=O)NCc1ccccc1CN1CCOCC1. The zero-order valence-electron chi connectivity index (χ0n) is 14.8. The van der Waals surface area contributed by atoms with Crippen molar-refractivity contribution in [3.05, 3.63) is 59.7 Å². The molecule has 26 heavy (non-hydrogen) atoms. The van der Waals surface area contributed by atoms with Crippen molar-refractivity contribution in [3.63, 3.8) is 0 Å². The van der Waals surface area contributed by atoms with Gasteiger partial charge < -0.3 is 9.47 Å². The number of hydrogen-bond donors (Lipinski definition) is 1. The molecule has 0 saturated carbocycles. The third kappa shape index (κ3) is 4.62. The molecule has 3 rings (SSSR count). The van der Waals surface area contributed by atoms with Gasteiger partial charge in [-0.3, -0.25) is 4.90 Å². The van der Waals surface area contributed by atoms with Gasteiger partial charge in [-0.2, -0.15) is 0 Å². The number of sulfonamides is 1. The number of hydrogen-bond acceptors (Lipinski definition) is 5. The van der Waals surface area contributed by atoms with Gasteiger partial charge in [-0.1, -0.05) is 36.4 Å². The lowest BCUT2D eigenvalue weighted by Crippen LogP contribution is -2.36. The van der Waals surface area contributed by atoms with E-state index in [1.165, 1.54) is 7.11 Å². The molecule has 0 spiro atoms. The number of methoxy groups -OCH3 is 1. The molecule has 0 aromatic heterocycles. The summed E-state index contributed by atoms with van der Waals surface area (Å²) in [5.41, 5.74) is 2.09. The first-order valence-corrected chi connectivity index (χ1v) is 10.1. The zero-order valence-corrected chi connectivity index (χ0v) is 15.7. The molecule has 2 aromatic rings. The monoisotopic (exact) mass is 376 g/mol. The lowest BCUT2D eigenvalue weighted by Gasteiger charge is -2.27. The molecular weight excluding hydrogens is 352 g/mol. The Bertz CT molecular complexity index is 833. The number of nitrogens with one attached hydrogen (secondary N) is 1. The first kappa shape index (κ1) is 18.8. The van der Waals surface area contributed by atoms with E-state index in [0.29, 0.717) is 5.75 Å². The van der Waals surface area contributed by atoms with E-state index < -0.39 is 10.0 Å². The molecule has 0 amide bonds. The average molecular weight is 376 g/mol. The highest BCUT2D eigenvalue weighted by molar-refractivity contribution is 7.89. The van der Waals surface area contributed by atoms with Gasteiger partial charge in [0.2, 0.25) is 10.0 Å². The minimum absolute atomic E-state index is 0.146. The van der Waals surface area contributed by atoms with Gasteiger partial charge in [-0.05, 0) is 23.3 Å². The normalized spacial score (nSPS) is 15.7. The summed E-state index contributed by atoms with van der Waals surface area (Å²) in [6, 6.07) is 14.5. The van der Waals surface area contributed by atoms with Crippen LogP contribution < -0.4 is 9.46 Å². The molecule has 1 aliphatic rings. The standard InChI is InChI=1S/C19H24N2O4S/c1-24-18-8-4-5-9-19(18)26(22,23)20-14-16-6-2-3-7-17(16)15-21-10-12-25-13-11-21/h2-9,20H,10-15H2,1H3. The molecule has 0 aliphatic carbocycles. The Kier molecular flexibility index (Phi) is 6.26. The Labute approximate surface area is 154 Å². The number of ether oxygens (including phenoxy) is 2. The maximum absolute atomic E-state index is 12.7. The lowest BCUT2D eigenvalue weighted by atomic mass is 10.1. The number of para-hydroxylation sites is 1. The average Bonchev–Trinajstić information content (AvgIpc) is 2.68. The summed E-state index contributed by atoms with van der Waals surface area (Å²) in [6.07, 6.45) is 0. The highest BCUT2D eigenvalue weighted by Gasteiger charge is 2.19. The predicted octanol–water partition coefficient (Wildman–Crippen LogP) is 2.01. The van der Waals surface area contributed by atoms with Crippen molar-refractivity contribution in [2.75, 3.05) is 33.4 Å². The van der Waals surface area contributed by atoms with Gasteiger partial charge in [-0.25, -0.2) is 13.1 Å². The van der Waals surface area contributed by atoms with E-state index >= 15 is 0 Å². The van der Waals surface area contributed by atoms with Crippen LogP contribution >= 0.6 is 0 Å². The third-order valence-corrected chi connectivity index (χ3v) is 5.87. The Balaban J connectivity index is 1.73. The van der Waals surface area contributed by atoms with E-state index in [1.54, 1.807) is 24.3 Å². The van der Waals surface area contributed by atoms with Gasteiger partial charge >= 0.3 is 0 Å². The summed E-state index contributed by atoms with van der Waals surface area (Å²) in [4.78, 5) is 2.46. The predicted molar refractivity (Wildman–Crippen MR) is 99.6 cm³/mol. The molecule has 1 fully saturated rings. The molecule has 140 valence electrons. The Morgan fingerprint density at radius 2 is 1.69 bits per heavy atom. The number of rotatable bonds is 7. The van der Waals surface area contributed by atoms with Gasteiger partial charge in [0.25, 0.3) is 0 Å². The molecule has 1 heterocycles. The fourth-order valence-corrected chi connectivity index (χ4v) is 4.15. The van der Waals surface area contributed by atoms with Crippen LogP contribution in [0.2, 0.25) is 0 Å². The highest BCUT2D eigenvalue weighted by Crippen LogP contribution is 2.23. The molecule has 1 aliphatic heterocycles. The topological polar surface area (TPSA) is 67.9 Å². The first-order chi connectivity index (χ1) is 12.6. The molecule has 7 heteroatoms. The third-order valence-electron chi connectivity index (χ3n) is 4.43. The van der Waals surface area contributed by atoms with E-state index in [4.69, 9.17) is 9.47 Å². The minimum atomic E-state index is -3.66. The number of morpholine rings is 1. The quantitative estimate of drug-likeness (QED) is 0.801. The van der Waals surface area contributed by atoms with Gasteiger partial charge in [0, 0.05) is 26.2 Å². The summed E-state index contributed by atoms with van der Waals surface area (Å²) < 4.78 is 38.6. The molecule has 1 saturated heterocycles. The number of nitrogens with zero attached hydrogens (tertiary/aromatic N) is 1. The van der Waals surface area contributed by atoms with E-state index in [0.717, 1.165) is 44.0 Å². The molecular formula is C19H24N2O4S. The van der Waals surface area contributed by atoms with Crippen LogP contribution in [0.4, 0.5) is 0 Å². The van der Waals surface area contributed by atoms with Crippen LogP contribution in [0.3, 0.4) is 0 Å². The van der Waals surface area contributed by atoms with E-state index in [1.807, 2.05) is 24.3 Å². The minimum Gasteiger partial charge on any atom is -0.495 e. The maximum Gasteiger partial charge on any atom is 0.244 e. The van der Waals surface area contributed by atoms with Crippen LogP contribution in [-0.2, 0) is 27.8 Å². The molecule has 1 N–H and O–H groups in total. The molecule has 0 unspecified atom stereocenters. The van der Waals surface area contributed by atoms with Crippen molar-refractivity contribution in [2.24, 2.45) is 0 Å². The summed E-state index contributed by atoms with van der Waals surface area (Å²) in [7, 11) is -2.20. The summed E-state index contributed by atoms with van der Waals surface area (Å²) in [6.45, 7) is 4.28.